The van der Waals surface area contributed by atoms with Crippen LogP contribution in [0.15, 0.2) is 53.6 Å². The van der Waals surface area contributed by atoms with E-state index >= 15 is 0 Å². The van der Waals surface area contributed by atoms with E-state index in [0.29, 0.717) is 19.1 Å². The third-order valence-electron chi connectivity index (χ3n) is 3.43. The van der Waals surface area contributed by atoms with Gasteiger partial charge in [-0.3, -0.25) is 0 Å². The molecule has 0 saturated carbocycles. The van der Waals surface area contributed by atoms with Gasteiger partial charge in [0.25, 0.3) is 0 Å². The summed E-state index contributed by atoms with van der Waals surface area (Å²) in [6, 6.07) is 13.1. The normalized spacial score (nSPS) is 14.6. The molecule has 4 N–H and O–H groups in total. The van der Waals surface area contributed by atoms with E-state index in [-0.39, 0.29) is 5.56 Å². The Labute approximate surface area is 175 Å². The first kappa shape index (κ1) is 23.2. The van der Waals surface area contributed by atoms with Crippen LogP contribution in [0.2, 0.25) is 0 Å². The van der Waals surface area contributed by atoms with Gasteiger partial charge in [0.1, 0.15) is 5.75 Å². The van der Waals surface area contributed by atoms with Crippen LogP contribution in [0.3, 0.4) is 0 Å². The number of rotatable bonds is 9. The number of aliphatic hydroxyl groups excluding tert-OH is 1. The van der Waals surface area contributed by atoms with Crippen molar-refractivity contribution in [2.45, 2.75) is 5.85 Å². The van der Waals surface area contributed by atoms with Crippen LogP contribution in [-0.4, -0.2) is 37.8 Å². The first-order chi connectivity index (χ1) is 13.2. The molecule has 0 heterocycles. The minimum absolute atomic E-state index is 0.166. The van der Waals surface area contributed by atoms with Crippen LogP contribution in [0.5, 0.6) is 11.5 Å². The van der Waals surface area contributed by atoms with Gasteiger partial charge in [-0.15, -0.1) is 0 Å². The summed E-state index contributed by atoms with van der Waals surface area (Å²) in [7, 11) is -4.44. The topological polar surface area (TPSA) is 115 Å². The van der Waals surface area contributed by atoms with E-state index in [1.54, 1.807) is 30.2 Å². The van der Waals surface area contributed by atoms with E-state index < -0.39 is 20.9 Å². The van der Waals surface area contributed by atoms with E-state index in [1.807, 2.05) is 12.1 Å². The molecule has 0 bridgehead atoms. The Hall–Kier alpha value is -1.05. The maximum atomic E-state index is 9.66. The minimum atomic E-state index is -4.66. The summed E-state index contributed by atoms with van der Waals surface area (Å²) < 4.78 is 12.4. The van der Waals surface area contributed by atoms with Crippen molar-refractivity contribution in [3.05, 3.63) is 59.7 Å². The van der Waals surface area contributed by atoms with Gasteiger partial charge >= 0.3 is 133 Å². The molecule has 0 spiro atoms. The van der Waals surface area contributed by atoms with Crippen LogP contribution in [0, 0.1) is 0 Å². The Morgan fingerprint density at radius 2 is 1.68 bits per heavy atom. The molecule has 152 valence electrons. The second kappa shape index (κ2) is 10.6. The van der Waals surface area contributed by atoms with Gasteiger partial charge in [-0.25, -0.2) is 0 Å². The van der Waals surface area contributed by atoms with Crippen molar-refractivity contribution in [1.82, 2.24) is 4.78 Å². The summed E-state index contributed by atoms with van der Waals surface area (Å²) >= 11 is 10.1. The molecule has 2 rings (SSSR count). The fourth-order valence-electron chi connectivity index (χ4n) is 1.97. The molecule has 0 saturated heterocycles. The van der Waals surface area contributed by atoms with Crippen molar-refractivity contribution in [2.24, 2.45) is 5.10 Å². The molecule has 13 heteroatoms. The van der Waals surface area contributed by atoms with Crippen molar-refractivity contribution in [3.8, 4) is 11.5 Å². The molecule has 28 heavy (non-hydrogen) atoms. The van der Waals surface area contributed by atoms with Crippen molar-refractivity contribution >= 4 is 52.4 Å². The van der Waals surface area contributed by atoms with Gasteiger partial charge in [0.2, 0.25) is 7.58 Å². The summed E-state index contributed by atoms with van der Waals surface area (Å²) in [5, 5.41) is 13.9. The van der Waals surface area contributed by atoms with Gasteiger partial charge in [0, 0.05) is 0 Å². The Morgan fingerprint density at radius 1 is 1.11 bits per heavy atom. The average molecular weight is 480 g/mol. The van der Waals surface area contributed by atoms with Crippen LogP contribution >= 0.6 is 22.6 Å². The SMILES string of the molecule is CN(/N=C/c1ccc(OP=S)cc1)[PH](=S)Oc1ccc(C(O)[PH](O)(O)O)cc1. The predicted molar refractivity (Wildman–Crippen MR) is 119 cm³/mol. The quantitative estimate of drug-likeness (QED) is 0.244. The van der Waals surface area contributed by atoms with Crippen LogP contribution in [0.1, 0.15) is 17.0 Å². The van der Waals surface area contributed by atoms with E-state index in [9.17, 15) is 5.11 Å². The zero-order valence-corrected chi connectivity index (χ0v) is 19.1. The fourth-order valence-corrected chi connectivity index (χ4v) is 4.12. The summed E-state index contributed by atoms with van der Waals surface area (Å²) in [4.78, 5) is 27.4. The van der Waals surface area contributed by atoms with E-state index in [1.165, 1.54) is 24.3 Å². The summed E-state index contributed by atoms with van der Waals surface area (Å²) in [5.74, 6) is -0.618. The summed E-state index contributed by atoms with van der Waals surface area (Å²) in [6.07, 6.45) is 1.64. The maximum absolute atomic E-state index is 9.66. The number of hydrogen-bond donors (Lipinski definition) is 4. The van der Waals surface area contributed by atoms with E-state index in [2.05, 4.69) is 5.10 Å². The second-order valence-corrected chi connectivity index (χ2v) is 10.7. The summed E-state index contributed by atoms with van der Waals surface area (Å²) in [6.45, 7) is 0. The molecular formula is C15H19N2O6P3S2. The molecule has 0 amide bonds. The number of nitrogens with zero attached hydrogens (tertiary/aromatic N) is 2. The van der Waals surface area contributed by atoms with Gasteiger partial charge in [-0.2, -0.15) is 0 Å². The van der Waals surface area contributed by atoms with Gasteiger partial charge in [-0.1, -0.05) is 0 Å². The van der Waals surface area contributed by atoms with Crippen LogP contribution in [-0.2, 0) is 23.6 Å². The molecule has 2 aromatic rings. The Bertz CT molecular complexity index is 846. The molecule has 0 aliphatic heterocycles. The fraction of sp³-hybridized carbons (Fsp3) is 0.133. The number of benzene rings is 2. The molecule has 0 aromatic heterocycles. The van der Waals surface area contributed by atoms with Crippen molar-refractivity contribution in [1.29, 1.82) is 0 Å². The molecule has 0 fully saturated rings. The second-order valence-electron chi connectivity index (χ2n) is 5.53. The molecule has 0 aliphatic carbocycles. The third-order valence-corrected chi connectivity index (χ3v) is 7.11. The number of aliphatic hydroxyl groups is 1. The van der Waals surface area contributed by atoms with Crippen molar-refractivity contribution in [3.63, 3.8) is 0 Å². The average Bonchev–Trinajstić information content (AvgIpc) is 2.66. The molecule has 0 radical (unpaired) electrons. The molecule has 8 nitrogen and oxygen atoms in total. The summed E-state index contributed by atoms with van der Waals surface area (Å²) in [5.41, 5.74) is 1.02. The van der Waals surface area contributed by atoms with Crippen molar-refractivity contribution < 1.29 is 28.8 Å². The first-order valence-corrected chi connectivity index (χ1v) is 14.0. The van der Waals surface area contributed by atoms with E-state index in [4.69, 9.17) is 47.3 Å². The van der Waals surface area contributed by atoms with Crippen molar-refractivity contribution in [2.75, 3.05) is 7.05 Å². The van der Waals surface area contributed by atoms with Gasteiger partial charge in [-0.05, 0) is 23.9 Å². The Kier molecular flexibility index (Phi) is 8.83. The first-order valence-electron chi connectivity index (χ1n) is 7.75. The van der Waals surface area contributed by atoms with E-state index in [0.717, 1.165) is 5.56 Å². The van der Waals surface area contributed by atoms with Crippen LogP contribution in [0.25, 0.3) is 0 Å². The monoisotopic (exact) mass is 480 g/mol. The zero-order chi connectivity index (χ0) is 20.7. The Morgan fingerprint density at radius 3 is 2.21 bits per heavy atom. The van der Waals surface area contributed by atoms with Gasteiger partial charge in [0.05, 0.1) is 0 Å². The standard InChI is InChI=1S/C15H19N2O6P3S2/c1-17(16-10-11-2-6-13(7-3-11)22-24-27)25(28)23-14-8-4-12(5-9-14)15(18)26(19,20)21/h2-10,15,18-21,25-26H,1H3/b16-10+. The molecular weight excluding hydrogens is 461 g/mol. The molecule has 2 unspecified atom stereocenters. The molecule has 2 aromatic carbocycles. The van der Waals surface area contributed by atoms with Crippen LogP contribution < -0.4 is 9.05 Å². The molecule has 0 aliphatic rings. The third kappa shape index (κ3) is 7.08. The molecule has 2 atom stereocenters. The number of hydrazone groups is 1. The predicted octanol–water partition coefficient (Wildman–Crippen LogP) is 2.70. The number of hydrogen-bond acceptors (Lipinski definition) is 9. The van der Waals surface area contributed by atoms with Gasteiger partial charge in [0.15, 0.2) is 0 Å². The van der Waals surface area contributed by atoms with Gasteiger partial charge < -0.3 is 4.52 Å². The Balaban J connectivity index is 1.95. The zero-order valence-electron chi connectivity index (χ0n) is 14.5. The van der Waals surface area contributed by atoms with Crippen LogP contribution in [0.4, 0.5) is 0 Å².